The molecule has 6 nitrogen and oxygen atoms in total. The molecular formula is C34H41N3O3. The second-order valence-corrected chi connectivity index (χ2v) is 11.4. The zero-order valence-corrected chi connectivity index (χ0v) is 23.6. The predicted molar refractivity (Wildman–Crippen MR) is 161 cm³/mol. The normalized spacial score (nSPS) is 14.9. The molecule has 1 aliphatic rings. The molecular weight excluding hydrogens is 498 g/mol. The number of phenolic OH excluding ortho intramolecular Hbond substituents is 2. The van der Waals surface area contributed by atoms with Gasteiger partial charge in [0.05, 0.1) is 0 Å². The number of aromatic nitrogens is 1. The largest absolute Gasteiger partial charge is 0.508 e. The number of aromatic hydroxyl groups is 2. The van der Waals surface area contributed by atoms with Gasteiger partial charge in [-0.3, -0.25) is 4.79 Å². The van der Waals surface area contributed by atoms with Crippen LogP contribution in [0.3, 0.4) is 0 Å². The van der Waals surface area contributed by atoms with Crippen molar-refractivity contribution >= 4 is 16.8 Å². The molecule has 1 saturated carbocycles. The molecule has 40 heavy (non-hydrogen) atoms. The minimum Gasteiger partial charge on any atom is -0.508 e. The third-order valence-corrected chi connectivity index (χ3v) is 8.18. The van der Waals surface area contributed by atoms with Crippen LogP contribution in [0.15, 0.2) is 72.8 Å². The summed E-state index contributed by atoms with van der Waals surface area (Å²) in [7, 11) is 4.10. The first-order valence-electron chi connectivity index (χ1n) is 14.6. The average molecular weight is 540 g/mol. The molecule has 0 atom stereocenters. The maximum absolute atomic E-state index is 14.4. The Balaban J connectivity index is 1.71. The Hall–Kier alpha value is -3.77. The fourth-order valence-corrected chi connectivity index (χ4v) is 6.11. The highest BCUT2D eigenvalue weighted by atomic mass is 16.3. The van der Waals surface area contributed by atoms with Crippen LogP contribution in [0.25, 0.3) is 10.9 Å². The molecule has 3 aromatic carbocycles. The molecule has 210 valence electrons. The van der Waals surface area contributed by atoms with E-state index in [2.05, 4.69) is 41.0 Å². The first-order valence-corrected chi connectivity index (χ1v) is 14.6. The second-order valence-electron chi connectivity index (χ2n) is 11.4. The molecule has 3 N–H and O–H groups in total. The molecule has 5 rings (SSSR count). The quantitative estimate of drug-likeness (QED) is 0.235. The number of hydrogen-bond donors (Lipinski definition) is 3. The Kier molecular flexibility index (Phi) is 8.75. The van der Waals surface area contributed by atoms with Gasteiger partial charge in [-0.2, -0.15) is 0 Å². The lowest BCUT2D eigenvalue weighted by Gasteiger charge is -2.24. The van der Waals surface area contributed by atoms with Gasteiger partial charge in [-0.05, 0) is 68.4 Å². The molecule has 0 bridgehead atoms. The summed E-state index contributed by atoms with van der Waals surface area (Å²) in [4.78, 5) is 16.6. The van der Waals surface area contributed by atoms with E-state index in [0.29, 0.717) is 12.2 Å². The van der Waals surface area contributed by atoms with Crippen LogP contribution in [0.2, 0.25) is 0 Å². The van der Waals surface area contributed by atoms with Gasteiger partial charge in [0, 0.05) is 41.5 Å². The summed E-state index contributed by atoms with van der Waals surface area (Å²) in [6.45, 7) is 1.48. The Morgan fingerprint density at radius 2 is 1.40 bits per heavy atom. The highest BCUT2D eigenvalue weighted by Crippen LogP contribution is 2.41. The van der Waals surface area contributed by atoms with Crippen LogP contribution < -0.4 is 5.32 Å². The summed E-state index contributed by atoms with van der Waals surface area (Å²) in [6.07, 6.45) is 8.05. The van der Waals surface area contributed by atoms with Crippen LogP contribution in [-0.4, -0.2) is 52.3 Å². The van der Waals surface area contributed by atoms with Crippen molar-refractivity contribution in [2.75, 3.05) is 20.6 Å². The van der Waals surface area contributed by atoms with E-state index in [1.54, 1.807) is 24.3 Å². The first-order chi connectivity index (χ1) is 19.4. The van der Waals surface area contributed by atoms with Gasteiger partial charge in [0.1, 0.15) is 17.2 Å². The van der Waals surface area contributed by atoms with E-state index >= 15 is 0 Å². The van der Waals surface area contributed by atoms with Crippen molar-refractivity contribution in [2.24, 2.45) is 0 Å². The number of likely N-dealkylation sites (N-methyl/N-ethyl adjacent to an activating group) is 1. The number of carbonyl (C=O) groups excluding carboxylic acids is 1. The molecule has 0 spiro atoms. The maximum atomic E-state index is 14.4. The number of nitrogens with one attached hydrogen (secondary N) is 1. The van der Waals surface area contributed by atoms with Crippen LogP contribution in [-0.2, 0) is 6.54 Å². The number of nitrogens with zero attached hydrogens (tertiary/aromatic N) is 2. The zero-order chi connectivity index (χ0) is 28.1. The number of benzene rings is 3. The van der Waals surface area contributed by atoms with E-state index in [1.807, 2.05) is 36.4 Å². The first kappa shape index (κ1) is 27.8. The van der Waals surface area contributed by atoms with E-state index in [1.165, 1.54) is 19.3 Å². The number of phenols is 2. The smallest absolute Gasteiger partial charge is 0.268 e. The molecule has 1 aromatic heterocycles. The maximum Gasteiger partial charge on any atom is 0.268 e. The number of rotatable bonds is 8. The molecule has 1 fully saturated rings. The number of amides is 1. The number of carbonyl (C=O) groups is 1. The topological polar surface area (TPSA) is 77.7 Å². The summed E-state index contributed by atoms with van der Waals surface area (Å²) in [6, 6.07) is 22.9. The Morgan fingerprint density at radius 3 is 1.98 bits per heavy atom. The lowest BCUT2D eigenvalue weighted by Crippen LogP contribution is -2.37. The van der Waals surface area contributed by atoms with E-state index in [9.17, 15) is 15.0 Å². The van der Waals surface area contributed by atoms with Crippen LogP contribution in [0.5, 0.6) is 11.5 Å². The fourth-order valence-electron chi connectivity index (χ4n) is 6.11. The Morgan fingerprint density at radius 1 is 0.850 bits per heavy atom. The van der Waals surface area contributed by atoms with Crippen molar-refractivity contribution in [1.29, 1.82) is 0 Å². The van der Waals surface area contributed by atoms with Crippen molar-refractivity contribution in [3.63, 3.8) is 0 Å². The minimum atomic E-state index is -0.273. The van der Waals surface area contributed by atoms with Gasteiger partial charge in [0.25, 0.3) is 5.91 Å². The lowest BCUT2D eigenvalue weighted by atomic mass is 9.83. The minimum absolute atomic E-state index is 0.0295. The summed E-state index contributed by atoms with van der Waals surface area (Å²) in [5, 5.41) is 24.6. The molecule has 0 saturated heterocycles. The van der Waals surface area contributed by atoms with Gasteiger partial charge >= 0.3 is 0 Å². The van der Waals surface area contributed by atoms with Gasteiger partial charge in [-0.25, -0.2) is 0 Å². The van der Waals surface area contributed by atoms with E-state index < -0.39 is 0 Å². The van der Waals surface area contributed by atoms with Gasteiger partial charge in [0.15, 0.2) is 0 Å². The van der Waals surface area contributed by atoms with E-state index in [-0.39, 0.29) is 29.4 Å². The van der Waals surface area contributed by atoms with Crippen LogP contribution in [0, 0.1) is 0 Å². The molecule has 4 aromatic rings. The second kappa shape index (κ2) is 12.6. The number of hydrogen-bond acceptors (Lipinski definition) is 4. The van der Waals surface area contributed by atoms with Crippen molar-refractivity contribution in [3.05, 3.63) is 95.2 Å². The van der Waals surface area contributed by atoms with E-state index in [4.69, 9.17) is 0 Å². The predicted octanol–water partition coefficient (Wildman–Crippen LogP) is 6.64. The van der Waals surface area contributed by atoms with Gasteiger partial charge < -0.3 is 25.0 Å². The summed E-state index contributed by atoms with van der Waals surface area (Å²) in [5.41, 5.74) is 4.62. The Labute approximate surface area is 237 Å². The van der Waals surface area contributed by atoms with Crippen molar-refractivity contribution in [1.82, 2.24) is 14.8 Å². The zero-order valence-electron chi connectivity index (χ0n) is 23.6. The monoisotopic (exact) mass is 539 g/mol. The molecule has 6 heteroatoms. The van der Waals surface area contributed by atoms with Crippen LogP contribution in [0.1, 0.15) is 78.0 Å². The summed E-state index contributed by atoms with van der Waals surface area (Å²) < 4.78 is 2.19. The number of fused-ring (bicyclic) bond motifs is 1. The molecule has 0 radical (unpaired) electrons. The van der Waals surface area contributed by atoms with Gasteiger partial charge in [-0.1, -0.05) is 74.6 Å². The number of para-hydroxylation sites is 1. The van der Waals surface area contributed by atoms with Crippen molar-refractivity contribution in [2.45, 2.75) is 63.5 Å². The molecule has 1 aliphatic carbocycles. The fraction of sp³-hybridized carbons (Fsp3) is 0.382. The Bertz CT molecular complexity index is 1370. The van der Waals surface area contributed by atoms with Crippen molar-refractivity contribution < 1.29 is 15.0 Å². The molecule has 1 heterocycles. The summed E-state index contributed by atoms with van der Waals surface area (Å²) >= 11 is 0. The molecule has 1 amide bonds. The molecule has 0 aliphatic heterocycles. The summed E-state index contributed by atoms with van der Waals surface area (Å²) in [5.74, 6) is 0.0932. The average Bonchev–Trinajstić information content (AvgIpc) is 3.25. The third kappa shape index (κ3) is 6.18. The lowest BCUT2D eigenvalue weighted by molar-refractivity contribution is 0.0919. The van der Waals surface area contributed by atoms with Gasteiger partial charge in [0.2, 0.25) is 0 Å². The standard InChI is InChI=1S/C34H41N3O3/c1-36(2)22-23-37-30-13-9-8-12-29(30)32(33(37)34(40)35-26-10-6-4-3-5-7-11-26)31(24-14-18-27(38)19-15-24)25-16-20-28(39)21-17-25/h8-9,12-21,26,31,38-39H,3-7,10-11,22-23H2,1-2H3,(H,35,40). The molecule has 0 unspecified atom stereocenters. The third-order valence-electron chi connectivity index (χ3n) is 8.18. The van der Waals surface area contributed by atoms with E-state index in [0.717, 1.165) is 59.8 Å². The van der Waals surface area contributed by atoms with Crippen LogP contribution >= 0.6 is 0 Å². The van der Waals surface area contributed by atoms with Gasteiger partial charge in [-0.15, -0.1) is 0 Å². The SMILES string of the molecule is CN(C)CCn1c(C(=O)NC2CCCCCCC2)c(C(c2ccc(O)cc2)c2ccc(O)cc2)c2ccccc21. The highest BCUT2D eigenvalue weighted by Gasteiger charge is 2.31. The van der Waals surface area contributed by atoms with Crippen LogP contribution in [0.4, 0.5) is 0 Å². The highest BCUT2D eigenvalue weighted by molar-refractivity contribution is 6.03. The van der Waals surface area contributed by atoms with Crippen molar-refractivity contribution in [3.8, 4) is 11.5 Å².